The number of esters is 1. The fourth-order valence-corrected chi connectivity index (χ4v) is 2.47. The van der Waals surface area contributed by atoms with Crippen LogP contribution in [0.25, 0.3) is 0 Å². The second-order valence-electron chi connectivity index (χ2n) is 3.80. The molecule has 0 heterocycles. The molecule has 3 nitrogen and oxygen atoms in total. The van der Waals surface area contributed by atoms with Gasteiger partial charge >= 0.3 is 5.97 Å². The number of hydrogen-bond donors (Lipinski definition) is 1. The lowest BCUT2D eigenvalue weighted by atomic mass is 10.1. The molecule has 0 fully saturated rings. The van der Waals surface area contributed by atoms with E-state index in [2.05, 4.69) is 35.2 Å². The van der Waals surface area contributed by atoms with Crippen LogP contribution >= 0.6 is 11.8 Å². The topological polar surface area (TPSA) is 38.3 Å². The van der Waals surface area contributed by atoms with Crippen molar-refractivity contribution in [1.82, 2.24) is 5.32 Å². The standard InChI is InChI=1S/C13H19NO2S/c1-10-8-11(9-14-2)4-5-12(10)17-7-6-13(15)16-3/h4-5,8,14H,6-7,9H2,1-3H3. The Kier molecular flexibility index (Phi) is 6.08. The van der Waals surface area contributed by atoms with Gasteiger partial charge in [0.15, 0.2) is 0 Å². The summed E-state index contributed by atoms with van der Waals surface area (Å²) in [6, 6.07) is 6.41. The summed E-state index contributed by atoms with van der Waals surface area (Å²) in [4.78, 5) is 12.2. The number of carbonyl (C=O) groups is 1. The van der Waals surface area contributed by atoms with Crippen molar-refractivity contribution in [3.63, 3.8) is 0 Å². The predicted molar refractivity (Wildman–Crippen MR) is 71.3 cm³/mol. The molecule has 0 aromatic heterocycles. The van der Waals surface area contributed by atoms with Crippen molar-refractivity contribution in [3.8, 4) is 0 Å². The number of nitrogens with one attached hydrogen (secondary N) is 1. The van der Waals surface area contributed by atoms with E-state index >= 15 is 0 Å². The van der Waals surface area contributed by atoms with Gasteiger partial charge in [-0.3, -0.25) is 4.79 Å². The molecule has 0 unspecified atom stereocenters. The van der Waals surface area contributed by atoms with E-state index in [0.717, 1.165) is 12.3 Å². The van der Waals surface area contributed by atoms with Crippen LogP contribution in [0.5, 0.6) is 0 Å². The summed E-state index contributed by atoms with van der Waals surface area (Å²) >= 11 is 1.70. The lowest BCUT2D eigenvalue weighted by molar-refractivity contribution is -0.140. The summed E-state index contributed by atoms with van der Waals surface area (Å²) in [6.07, 6.45) is 0.457. The molecule has 1 rings (SSSR count). The Morgan fingerprint density at radius 2 is 2.24 bits per heavy atom. The van der Waals surface area contributed by atoms with E-state index in [-0.39, 0.29) is 5.97 Å². The van der Waals surface area contributed by atoms with Crippen LogP contribution < -0.4 is 5.32 Å². The van der Waals surface area contributed by atoms with Crippen LogP contribution in [0, 0.1) is 6.92 Å². The molecule has 0 saturated heterocycles. The van der Waals surface area contributed by atoms with Gasteiger partial charge < -0.3 is 10.1 Å². The van der Waals surface area contributed by atoms with Gasteiger partial charge in [-0.15, -0.1) is 11.8 Å². The van der Waals surface area contributed by atoms with Crippen molar-refractivity contribution in [2.45, 2.75) is 24.8 Å². The van der Waals surface area contributed by atoms with Crippen LogP contribution in [0.4, 0.5) is 0 Å². The highest BCUT2D eigenvalue weighted by Crippen LogP contribution is 2.24. The zero-order chi connectivity index (χ0) is 12.7. The average molecular weight is 253 g/mol. The van der Waals surface area contributed by atoms with Crippen molar-refractivity contribution in [2.24, 2.45) is 0 Å². The molecule has 0 radical (unpaired) electrons. The molecule has 1 aromatic rings. The smallest absolute Gasteiger partial charge is 0.306 e. The Hall–Kier alpha value is -1.00. The molecular formula is C13H19NO2S. The number of benzene rings is 1. The molecule has 17 heavy (non-hydrogen) atoms. The lowest BCUT2D eigenvalue weighted by Gasteiger charge is -2.07. The average Bonchev–Trinajstić information content (AvgIpc) is 2.32. The Balaban J connectivity index is 2.51. The third kappa shape index (κ3) is 4.79. The highest BCUT2D eigenvalue weighted by atomic mass is 32.2. The molecule has 0 bridgehead atoms. The van der Waals surface area contributed by atoms with Crippen LogP contribution in [0.15, 0.2) is 23.1 Å². The van der Waals surface area contributed by atoms with Crippen molar-refractivity contribution in [3.05, 3.63) is 29.3 Å². The maximum absolute atomic E-state index is 11.0. The molecule has 1 aromatic carbocycles. The summed E-state index contributed by atoms with van der Waals surface area (Å²) < 4.78 is 4.61. The minimum Gasteiger partial charge on any atom is -0.469 e. The van der Waals surface area contributed by atoms with Crippen LogP contribution in [-0.2, 0) is 16.1 Å². The Morgan fingerprint density at radius 3 is 2.82 bits per heavy atom. The minimum atomic E-state index is -0.151. The van der Waals surface area contributed by atoms with Gasteiger partial charge in [0.2, 0.25) is 0 Å². The summed E-state index contributed by atoms with van der Waals surface area (Å²) in [5.74, 6) is 0.612. The number of thioether (sulfide) groups is 1. The summed E-state index contributed by atoms with van der Waals surface area (Å²) in [6.45, 7) is 2.98. The van der Waals surface area contributed by atoms with Crippen LogP contribution in [0.2, 0.25) is 0 Å². The Morgan fingerprint density at radius 1 is 1.47 bits per heavy atom. The van der Waals surface area contributed by atoms with E-state index in [0.29, 0.717) is 6.42 Å². The largest absolute Gasteiger partial charge is 0.469 e. The normalized spacial score (nSPS) is 10.3. The zero-order valence-electron chi connectivity index (χ0n) is 10.6. The predicted octanol–water partition coefficient (Wildman–Crippen LogP) is 2.37. The van der Waals surface area contributed by atoms with Gasteiger partial charge in [-0.05, 0) is 31.2 Å². The van der Waals surface area contributed by atoms with E-state index in [4.69, 9.17) is 0 Å². The van der Waals surface area contributed by atoms with Crippen molar-refractivity contribution >= 4 is 17.7 Å². The monoisotopic (exact) mass is 253 g/mol. The summed E-state index contributed by atoms with van der Waals surface area (Å²) in [5.41, 5.74) is 2.54. The summed E-state index contributed by atoms with van der Waals surface area (Å²) in [5, 5.41) is 3.13. The van der Waals surface area contributed by atoms with Crippen LogP contribution in [-0.4, -0.2) is 25.9 Å². The first-order valence-electron chi connectivity index (χ1n) is 5.61. The third-order valence-corrected chi connectivity index (χ3v) is 3.59. The second kappa shape index (κ2) is 7.35. The van der Waals surface area contributed by atoms with Gasteiger partial charge in [-0.2, -0.15) is 0 Å². The number of methoxy groups -OCH3 is 1. The molecule has 1 N–H and O–H groups in total. The fraction of sp³-hybridized carbons (Fsp3) is 0.462. The van der Waals surface area contributed by atoms with E-state index in [1.165, 1.54) is 23.1 Å². The van der Waals surface area contributed by atoms with Crippen molar-refractivity contribution in [1.29, 1.82) is 0 Å². The molecule has 0 aliphatic carbocycles. The van der Waals surface area contributed by atoms with E-state index in [9.17, 15) is 4.79 Å². The van der Waals surface area contributed by atoms with Crippen molar-refractivity contribution in [2.75, 3.05) is 19.9 Å². The fourth-order valence-electron chi connectivity index (χ4n) is 1.53. The Labute approximate surface area is 107 Å². The SMILES string of the molecule is CNCc1ccc(SCCC(=O)OC)c(C)c1. The van der Waals surface area contributed by atoms with E-state index in [1.54, 1.807) is 11.8 Å². The molecule has 0 aliphatic rings. The molecule has 0 aliphatic heterocycles. The summed E-state index contributed by atoms with van der Waals surface area (Å²) in [7, 11) is 3.36. The first-order chi connectivity index (χ1) is 8.17. The van der Waals surface area contributed by atoms with Crippen molar-refractivity contribution < 1.29 is 9.53 Å². The zero-order valence-corrected chi connectivity index (χ0v) is 11.4. The number of hydrogen-bond acceptors (Lipinski definition) is 4. The maximum atomic E-state index is 11.0. The van der Waals surface area contributed by atoms with Gasteiger partial charge in [0.1, 0.15) is 0 Å². The third-order valence-electron chi connectivity index (χ3n) is 2.41. The molecule has 94 valence electrons. The molecule has 0 atom stereocenters. The van der Waals surface area contributed by atoms with Gasteiger partial charge in [-0.25, -0.2) is 0 Å². The molecule has 4 heteroatoms. The van der Waals surface area contributed by atoms with Gasteiger partial charge in [-0.1, -0.05) is 12.1 Å². The number of carbonyl (C=O) groups excluding carboxylic acids is 1. The van der Waals surface area contributed by atoms with E-state index < -0.39 is 0 Å². The second-order valence-corrected chi connectivity index (χ2v) is 4.94. The highest BCUT2D eigenvalue weighted by Gasteiger charge is 2.04. The highest BCUT2D eigenvalue weighted by molar-refractivity contribution is 7.99. The molecule has 0 saturated carbocycles. The van der Waals surface area contributed by atoms with E-state index in [1.807, 2.05) is 7.05 Å². The van der Waals surface area contributed by atoms with Gasteiger partial charge in [0.25, 0.3) is 0 Å². The number of rotatable bonds is 6. The molecular weight excluding hydrogens is 234 g/mol. The lowest BCUT2D eigenvalue weighted by Crippen LogP contribution is -2.05. The minimum absolute atomic E-state index is 0.151. The number of aryl methyl sites for hydroxylation is 1. The first-order valence-corrected chi connectivity index (χ1v) is 6.59. The molecule has 0 spiro atoms. The first kappa shape index (κ1) is 14.1. The number of ether oxygens (including phenoxy) is 1. The quantitative estimate of drug-likeness (QED) is 0.624. The van der Waals surface area contributed by atoms with Gasteiger partial charge in [0.05, 0.1) is 13.5 Å². The molecule has 0 amide bonds. The van der Waals surface area contributed by atoms with Crippen LogP contribution in [0.1, 0.15) is 17.5 Å². The maximum Gasteiger partial charge on any atom is 0.306 e. The van der Waals surface area contributed by atoms with Gasteiger partial charge in [0, 0.05) is 17.2 Å². The van der Waals surface area contributed by atoms with Crippen LogP contribution in [0.3, 0.4) is 0 Å². The Bertz CT molecular complexity index is 380.